The summed E-state index contributed by atoms with van der Waals surface area (Å²) >= 11 is 0. The van der Waals surface area contributed by atoms with Crippen LogP contribution in [0, 0.1) is 0 Å². The van der Waals surface area contributed by atoms with Gasteiger partial charge in [-0.25, -0.2) is 4.79 Å². The van der Waals surface area contributed by atoms with Crippen LogP contribution in [0.15, 0.2) is 43.0 Å². The number of likely N-dealkylation sites (tertiary alicyclic amines) is 1. The third-order valence-electron chi connectivity index (χ3n) is 3.78. The molecule has 0 N–H and O–H groups in total. The topological polar surface area (TPSA) is 29.5 Å². The van der Waals surface area contributed by atoms with E-state index in [0.29, 0.717) is 0 Å². The van der Waals surface area contributed by atoms with Crippen molar-refractivity contribution in [3.05, 3.63) is 48.6 Å². The Hall–Kier alpha value is -1.77. The lowest BCUT2D eigenvalue weighted by Crippen LogP contribution is -2.42. The molecule has 2 unspecified atom stereocenters. The van der Waals surface area contributed by atoms with Crippen LogP contribution in [0.1, 0.15) is 45.1 Å². The van der Waals surface area contributed by atoms with Crippen molar-refractivity contribution in [2.45, 2.75) is 51.2 Å². The van der Waals surface area contributed by atoms with Crippen LogP contribution in [0.4, 0.5) is 4.79 Å². The van der Waals surface area contributed by atoms with E-state index in [-0.39, 0.29) is 18.1 Å². The van der Waals surface area contributed by atoms with Gasteiger partial charge in [0.15, 0.2) is 0 Å². The first-order valence-corrected chi connectivity index (χ1v) is 7.59. The van der Waals surface area contributed by atoms with Gasteiger partial charge in [0.05, 0.1) is 0 Å². The lowest BCUT2D eigenvalue weighted by Gasteiger charge is -2.32. The van der Waals surface area contributed by atoms with E-state index in [4.69, 9.17) is 4.74 Å². The Kier molecular flexibility index (Phi) is 4.71. The van der Waals surface area contributed by atoms with Gasteiger partial charge in [0.1, 0.15) is 5.60 Å². The standard InChI is InChI=1S/C18H25NO2/c1-5-15(14-10-7-6-8-11-14)16-12-9-13-19(16)17(20)21-18(2,3)4/h5-8,10-11,15-16H,1,9,12-13H2,2-4H3. The molecule has 0 aromatic heterocycles. The van der Waals surface area contributed by atoms with Crippen molar-refractivity contribution in [2.75, 3.05) is 6.54 Å². The van der Waals surface area contributed by atoms with Crippen molar-refractivity contribution >= 4 is 6.09 Å². The van der Waals surface area contributed by atoms with E-state index in [0.717, 1.165) is 19.4 Å². The lowest BCUT2D eigenvalue weighted by molar-refractivity contribution is 0.0216. The molecule has 0 radical (unpaired) electrons. The zero-order valence-electron chi connectivity index (χ0n) is 13.2. The number of hydrogen-bond acceptors (Lipinski definition) is 2. The summed E-state index contributed by atoms with van der Waals surface area (Å²) in [5.41, 5.74) is 0.744. The van der Waals surface area contributed by atoms with Gasteiger partial charge in [0.25, 0.3) is 0 Å². The molecule has 0 aliphatic carbocycles. The SMILES string of the molecule is C=CC(c1ccccc1)C1CCCN1C(=O)OC(C)(C)C. The molecular formula is C18H25NO2. The first-order valence-electron chi connectivity index (χ1n) is 7.59. The summed E-state index contributed by atoms with van der Waals surface area (Å²) in [7, 11) is 0. The van der Waals surface area contributed by atoms with Crippen LogP contribution in [0.2, 0.25) is 0 Å². The van der Waals surface area contributed by atoms with E-state index in [2.05, 4.69) is 18.7 Å². The number of hydrogen-bond donors (Lipinski definition) is 0. The molecule has 1 aliphatic rings. The minimum Gasteiger partial charge on any atom is -0.444 e. The Labute approximate surface area is 127 Å². The molecule has 1 heterocycles. The molecule has 3 nitrogen and oxygen atoms in total. The predicted octanol–water partition coefficient (Wildman–Crippen LogP) is 4.36. The monoisotopic (exact) mass is 287 g/mol. The number of carbonyl (C=O) groups excluding carboxylic acids is 1. The largest absolute Gasteiger partial charge is 0.444 e. The van der Waals surface area contributed by atoms with Crippen molar-refractivity contribution in [3.8, 4) is 0 Å². The van der Waals surface area contributed by atoms with Gasteiger partial charge in [-0.3, -0.25) is 0 Å². The minimum atomic E-state index is -0.458. The van der Waals surface area contributed by atoms with E-state index in [1.54, 1.807) is 0 Å². The van der Waals surface area contributed by atoms with Crippen LogP contribution in [0.25, 0.3) is 0 Å². The Morgan fingerprint density at radius 2 is 2.05 bits per heavy atom. The quantitative estimate of drug-likeness (QED) is 0.773. The van der Waals surface area contributed by atoms with Crippen LogP contribution in [-0.2, 0) is 4.74 Å². The normalized spacial score (nSPS) is 20.1. The van der Waals surface area contributed by atoms with E-state index in [1.807, 2.05) is 49.9 Å². The van der Waals surface area contributed by atoms with Crippen LogP contribution in [0.5, 0.6) is 0 Å². The third kappa shape index (κ3) is 3.87. The second-order valence-corrected chi connectivity index (χ2v) is 6.56. The average molecular weight is 287 g/mol. The molecule has 21 heavy (non-hydrogen) atoms. The van der Waals surface area contributed by atoms with Crippen molar-refractivity contribution in [1.29, 1.82) is 0 Å². The zero-order chi connectivity index (χ0) is 15.5. The third-order valence-corrected chi connectivity index (χ3v) is 3.78. The van der Waals surface area contributed by atoms with Gasteiger partial charge in [-0.15, -0.1) is 6.58 Å². The second-order valence-electron chi connectivity index (χ2n) is 6.56. The molecule has 1 fully saturated rings. The van der Waals surface area contributed by atoms with Gasteiger partial charge in [0, 0.05) is 18.5 Å². The van der Waals surface area contributed by atoms with Crippen molar-refractivity contribution in [1.82, 2.24) is 4.90 Å². The number of carbonyl (C=O) groups is 1. The fourth-order valence-electron chi connectivity index (χ4n) is 2.90. The summed E-state index contributed by atoms with van der Waals surface area (Å²) in [5, 5.41) is 0. The molecule has 0 saturated carbocycles. The number of rotatable bonds is 3. The van der Waals surface area contributed by atoms with Crippen molar-refractivity contribution < 1.29 is 9.53 Å². The maximum Gasteiger partial charge on any atom is 0.410 e. The fourth-order valence-corrected chi connectivity index (χ4v) is 2.90. The predicted molar refractivity (Wildman–Crippen MR) is 85.3 cm³/mol. The van der Waals surface area contributed by atoms with Gasteiger partial charge in [-0.2, -0.15) is 0 Å². The van der Waals surface area contributed by atoms with Crippen LogP contribution in [-0.4, -0.2) is 29.2 Å². The molecule has 114 valence electrons. The first-order chi connectivity index (χ1) is 9.92. The molecule has 2 atom stereocenters. The molecule has 1 aromatic rings. The van der Waals surface area contributed by atoms with E-state index in [1.165, 1.54) is 5.56 Å². The highest BCUT2D eigenvalue weighted by atomic mass is 16.6. The first kappa shape index (κ1) is 15.6. The summed E-state index contributed by atoms with van der Waals surface area (Å²) in [4.78, 5) is 14.3. The Balaban J connectivity index is 2.17. The number of benzene rings is 1. The van der Waals surface area contributed by atoms with Gasteiger partial charge < -0.3 is 9.64 Å². The Morgan fingerprint density at radius 1 is 1.38 bits per heavy atom. The maximum absolute atomic E-state index is 12.4. The minimum absolute atomic E-state index is 0.139. The maximum atomic E-state index is 12.4. The number of amides is 1. The second kappa shape index (κ2) is 6.33. The highest BCUT2D eigenvalue weighted by molar-refractivity contribution is 5.69. The van der Waals surface area contributed by atoms with E-state index in [9.17, 15) is 4.79 Å². The highest BCUT2D eigenvalue weighted by Gasteiger charge is 2.36. The van der Waals surface area contributed by atoms with Crippen LogP contribution >= 0.6 is 0 Å². The van der Waals surface area contributed by atoms with Gasteiger partial charge >= 0.3 is 6.09 Å². The number of nitrogens with zero attached hydrogens (tertiary/aromatic N) is 1. The fraction of sp³-hybridized carbons (Fsp3) is 0.500. The van der Waals surface area contributed by atoms with Gasteiger partial charge in [-0.05, 0) is 39.2 Å². The summed E-state index contributed by atoms with van der Waals surface area (Å²) in [6.45, 7) is 10.4. The van der Waals surface area contributed by atoms with Crippen molar-refractivity contribution in [2.24, 2.45) is 0 Å². The molecule has 3 heteroatoms. The highest BCUT2D eigenvalue weighted by Crippen LogP contribution is 2.33. The summed E-state index contributed by atoms with van der Waals surface area (Å²) < 4.78 is 5.54. The molecule has 1 saturated heterocycles. The van der Waals surface area contributed by atoms with E-state index >= 15 is 0 Å². The molecule has 2 rings (SSSR count). The molecule has 0 bridgehead atoms. The molecule has 0 spiro atoms. The van der Waals surface area contributed by atoms with E-state index < -0.39 is 5.60 Å². The average Bonchev–Trinajstić information content (AvgIpc) is 2.88. The summed E-state index contributed by atoms with van der Waals surface area (Å²) in [6, 6.07) is 10.4. The van der Waals surface area contributed by atoms with Crippen LogP contribution < -0.4 is 0 Å². The van der Waals surface area contributed by atoms with Gasteiger partial charge in [0.2, 0.25) is 0 Å². The summed E-state index contributed by atoms with van der Waals surface area (Å²) in [5.74, 6) is 0.154. The van der Waals surface area contributed by atoms with Gasteiger partial charge in [-0.1, -0.05) is 36.4 Å². The van der Waals surface area contributed by atoms with Crippen molar-refractivity contribution in [3.63, 3.8) is 0 Å². The lowest BCUT2D eigenvalue weighted by atomic mass is 9.90. The Morgan fingerprint density at radius 3 is 2.62 bits per heavy atom. The number of ether oxygens (including phenoxy) is 1. The zero-order valence-corrected chi connectivity index (χ0v) is 13.2. The molecular weight excluding hydrogens is 262 g/mol. The molecule has 1 amide bonds. The smallest absolute Gasteiger partial charge is 0.410 e. The summed E-state index contributed by atoms with van der Waals surface area (Å²) in [6.07, 6.45) is 3.74. The molecule has 1 aromatic carbocycles. The molecule has 1 aliphatic heterocycles. The Bertz CT molecular complexity index is 490. The van der Waals surface area contributed by atoms with Crippen LogP contribution in [0.3, 0.4) is 0 Å².